The third-order valence-corrected chi connectivity index (χ3v) is 5.76. The summed E-state index contributed by atoms with van der Waals surface area (Å²) in [5, 5.41) is 5.69. The topological polar surface area (TPSA) is 96.3 Å². The second-order valence-corrected chi connectivity index (χ2v) is 7.46. The van der Waals surface area contributed by atoms with Crippen LogP contribution in [0.15, 0.2) is 24.3 Å². The summed E-state index contributed by atoms with van der Waals surface area (Å²) in [7, 11) is 0. The van der Waals surface area contributed by atoms with Gasteiger partial charge in [-0.1, -0.05) is 25.0 Å². The molecule has 1 spiro atoms. The minimum Gasteiger partial charge on any atom is -0.349 e. The summed E-state index contributed by atoms with van der Waals surface area (Å²) in [5.74, 6) is 0.398. The van der Waals surface area contributed by atoms with Crippen LogP contribution in [0.3, 0.4) is 0 Å². The first-order valence-corrected chi connectivity index (χ1v) is 9.89. The molecule has 0 unspecified atom stereocenters. The lowest BCUT2D eigenvalue weighted by atomic mass is 9.98. The average Bonchev–Trinajstić information content (AvgIpc) is 3.36. The molecule has 1 aliphatic heterocycles. The molecule has 8 nitrogen and oxygen atoms in total. The van der Waals surface area contributed by atoms with Gasteiger partial charge in [-0.15, -0.1) is 0 Å². The molecule has 2 fully saturated rings. The third kappa shape index (κ3) is 3.12. The largest absolute Gasteiger partial charge is 0.349 e. The van der Waals surface area contributed by atoms with Crippen LogP contribution < -0.4 is 10.6 Å². The van der Waals surface area contributed by atoms with Gasteiger partial charge in [0.25, 0.3) is 5.91 Å². The zero-order valence-corrected chi connectivity index (χ0v) is 16.0. The molecule has 148 valence electrons. The predicted molar refractivity (Wildman–Crippen MR) is 103 cm³/mol. The van der Waals surface area contributed by atoms with Crippen molar-refractivity contribution in [3.05, 3.63) is 30.1 Å². The fourth-order valence-corrected chi connectivity index (χ4v) is 4.29. The fraction of sp³-hybridized carbons (Fsp3) is 0.500. The highest BCUT2D eigenvalue weighted by atomic mass is 16.2. The number of carbonyl (C=O) groups is 3. The molecular weight excluding hydrogens is 358 g/mol. The standard InChI is InChI=1S/C20H25N5O3/c1-2-24-15-8-4-3-7-14(15)22-16(24)13-21-17(26)9-12-25-18(27)20(23-19(25)28)10-5-6-11-20/h3-4,7-8H,2,5-6,9-13H2,1H3,(H,21,26)(H,23,28). The van der Waals surface area contributed by atoms with Crippen molar-refractivity contribution in [1.29, 1.82) is 0 Å². The maximum absolute atomic E-state index is 12.6. The van der Waals surface area contributed by atoms with E-state index in [2.05, 4.69) is 20.2 Å². The molecule has 4 rings (SSSR count). The Morgan fingerprint density at radius 2 is 2.00 bits per heavy atom. The summed E-state index contributed by atoms with van der Waals surface area (Å²) < 4.78 is 2.07. The van der Waals surface area contributed by atoms with E-state index >= 15 is 0 Å². The summed E-state index contributed by atoms with van der Waals surface area (Å²) in [5.41, 5.74) is 1.21. The molecule has 4 amide bonds. The number of nitrogens with one attached hydrogen (secondary N) is 2. The van der Waals surface area contributed by atoms with E-state index in [1.54, 1.807) is 0 Å². The number of hydrogen-bond acceptors (Lipinski definition) is 4. The number of imide groups is 1. The van der Waals surface area contributed by atoms with Gasteiger partial charge < -0.3 is 15.2 Å². The third-order valence-electron chi connectivity index (χ3n) is 5.76. The van der Waals surface area contributed by atoms with Crippen molar-refractivity contribution in [3.8, 4) is 0 Å². The Bertz CT molecular complexity index is 929. The summed E-state index contributed by atoms with van der Waals surface area (Å²) in [4.78, 5) is 42.8. The molecule has 2 aromatic rings. The van der Waals surface area contributed by atoms with Crippen molar-refractivity contribution in [3.63, 3.8) is 0 Å². The molecule has 2 N–H and O–H groups in total. The summed E-state index contributed by atoms with van der Waals surface area (Å²) >= 11 is 0. The van der Waals surface area contributed by atoms with E-state index in [4.69, 9.17) is 0 Å². The van der Waals surface area contributed by atoms with Gasteiger partial charge >= 0.3 is 6.03 Å². The van der Waals surface area contributed by atoms with Gasteiger partial charge in [0.2, 0.25) is 5.91 Å². The Kier molecular flexibility index (Phi) is 4.78. The zero-order valence-electron chi connectivity index (χ0n) is 16.0. The van der Waals surface area contributed by atoms with Gasteiger partial charge in [0, 0.05) is 19.5 Å². The monoisotopic (exact) mass is 383 g/mol. The number of fused-ring (bicyclic) bond motifs is 1. The van der Waals surface area contributed by atoms with Gasteiger partial charge in [-0.05, 0) is 31.9 Å². The molecule has 1 aromatic carbocycles. The first kappa shape index (κ1) is 18.5. The number of rotatable bonds is 6. The van der Waals surface area contributed by atoms with Gasteiger partial charge in [0.05, 0.1) is 17.6 Å². The van der Waals surface area contributed by atoms with E-state index in [0.29, 0.717) is 19.4 Å². The highest BCUT2D eigenvalue weighted by Gasteiger charge is 2.52. The molecule has 0 bridgehead atoms. The average molecular weight is 383 g/mol. The first-order chi connectivity index (χ1) is 13.5. The Labute approximate surface area is 163 Å². The number of benzene rings is 1. The molecule has 28 heavy (non-hydrogen) atoms. The Balaban J connectivity index is 1.34. The van der Waals surface area contributed by atoms with Crippen LogP contribution in [0.5, 0.6) is 0 Å². The minimum atomic E-state index is -0.723. The van der Waals surface area contributed by atoms with Gasteiger partial charge in [-0.25, -0.2) is 9.78 Å². The van der Waals surface area contributed by atoms with Gasteiger partial charge in [-0.3, -0.25) is 14.5 Å². The van der Waals surface area contributed by atoms with E-state index in [1.165, 1.54) is 4.90 Å². The SMILES string of the molecule is CCn1c(CNC(=O)CCN2C(=O)NC3(CCCC3)C2=O)nc2ccccc21. The minimum absolute atomic E-state index is 0.0849. The first-order valence-electron chi connectivity index (χ1n) is 9.89. The molecule has 1 aliphatic carbocycles. The van der Waals surface area contributed by atoms with Crippen molar-refractivity contribution < 1.29 is 14.4 Å². The van der Waals surface area contributed by atoms with Crippen LogP contribution in [0.1, 0.15) is 44.9 Å². The number of para-hydroxylation sites is 2. The Hall–Kier alpha value is -2.90. The Morgan fingerprint density at radius 1 is 1.25 bits per heavy atom. The highest BCUT2D eigenvalue weighted by Crippen LogP contribution is 2.35. The predicted octanol–water partition coefficient (Wildman–Crippen LogP) is 1.93. The van der Waals surface area contributed by atoms with E-state index in [-0.39, 0.29) is 30.8 Å². The van der Waals surface area contributed by atoms with Crippen LogP contribution >= 0.6 is 0 Å². The number of aromatic nitrogens is 2. The smallest absolute Gasteiger partial charge is 0.325 e. The maximum Gasteiger partial charge on any atom is 0.325 e. The maximum atomic E-state index is 12.6. The van der Waals surface area contributed by atoms with Crippen LogP contribution in [-0.4, -0.2) is 44.4 Å². The van der Waals surface area contributed by atoms with Crippen LogP contribution in [0.25, 0.3) is 11.0 Å². The van der Waals surface area contributed by atoms with E-state index in [9.17, 15) is 14.4 Å². The second kappa shape index (κ2) is 7.26. The summed E-state index contributed by atoms with van der Waals surface area (Å²) in [6.45, 7) is 3.21. The zero-order chi connectivity index (χ0) is 19.7. The van der Waals surface area contributed by atoms with Crippen molar-refractivity contribution in [2.45, 2.75) is 57.7 Å². The van der Waals surface area contributed by atoms with Gasteiger partial charge in [-0.2, -0.15) is 0 Å². The van der Waals surface area contributed by atoms with Crippen molar-refractivity contribution in [2.24, 2.45) is 0 Å². The number of amides is 4. The lowest BCUT2D eigenvalue weighted by Crippen LogP contribution is -2.44. The number of nitrogens with zero attached hydrogens (tertiary/aromatic N) is 3. The normalized spacial score (nSPS) is 18.2. The molecule has 2 heterocycles. The lowest BCUT2D eigenvalue weighted by molar-refractivity contribution is -0.131. The summed E-state index contributed by atoms with van der Waals surface area (Å²) in [6, 6.07) is 7.48. The molecule has 0 atom stereocenters. The number of urea groups is 1. The second-order valence-electron chi connectivity index (χ2n) is 7.46. The van der Waals surface area contributed by atoms with E-state index < -0.39 is 5.54 Å². The van der Waals surface area contributed by atoms with Crippen LogP contribution in [0.4, 0.5) is 4.79 Å². The van der Waals surface area contributed by atoms with Crippen LogP contribution in [0.2, 0.25) is 0 Å². The van der Waals surface area contributed by atoms with Crippen LogP contribution in [-0.2, 0) is 22.7 Å². The fourth-order valence-electron chi connectivity index (χ4n) is 4.29. The van der Waals surface area contributed by atoms with E-state index in [1.807, 2.05) is 31.2 Å². The van der Waals surface area contributed by atoms with Crippen molar-refractivity contribution >= 4 is 28.9 Å². The summed E-state index contributed by atoms with van der Waals surface area (Å²) in [6.07, 6.45) is 3.35. The molecule has 1 saturated carbocycles. The molecule has 1 aromatic heterocycles. The molecule has 8 heteroatoms. The number of hydrogen-bond donors (Lipinski definition) is 2. The van der Waals surface area contributed by atoms with Crippen molar-refractivity contribution in [2.75, 3.05) is 6.54 Å². The van der Waals surface area contributed by atoms with Gasteiger partial charge in [0.1, 0.15) is 11.4 Å². The number of aryl methyl sites for hydroxylation is 1. The van der Waals surface area contributed by atoms with Crippen LogP contribution in [0, 0.1) is 0 Å². The lowest BCUT2D eigenvalue weighted by Gasteiger charge is -2.19. The van der Waals surface area contributed by atoms with Gasteiger partial charge in [0.15, 0.2) is 0 Å². The number of imidazole rings is 1. The quantitative estimate of drug-likeness (QED) is 0.745. The molecule has 0 radical (unpaired) electrons. The number of carbonyl (C=O) groups excluding carboxylic acids is 3. The molecule has 2 aliphatic rings. The highest BCUT2D eigenvalue weighted by molar-refractivity contribution is 6.07. The molecular formula is C20H25N5O3. The van der Waals surface area contributed by atoms with Crippen molar-refractivity contribution in [1.82, 2.24) is 25.1 Å². The molecule has 1 saturated heterocycles. The Morgan fingerprint density at radius 3 is 2.75 bits per heavy atom. The van der Waals surface area contributed by atoms with E-state index in [0.717, 1.165) is 36.2 Å².